The van der Waals surface area contributed by atoms with E-state index in [9.17, 15) is 18.0 Å². The smallest absolute Gasteiger partial charge is 0.337 e. The van der Waals surface area contributed by atoms with Crippen molar-refractivity contribution in [3.8, 4) is 0 Å². The Kier molecular flexibility index (Phi) is 6.70. The predicted octanol–water partition coefficient (Wildman–Crippen LogP) is 1.53. The summed E-state index contributed by atoms with van der Waals surface area (Å²) in [6, 6.07) is 13.0. The predicted molar refractivity (Wildman–Crippen MR) is 99.0 cm³/mol. The van der Waals surface area contributed by atoms with Crippen LogP contribution in [-0.2, 0) is 24.1 Å². The first-order valence-corrected chi connectivity index (χ1v) is 9.75. The number of ether oxygens (including phenoxy) is 2. The van der Waals surface area contributed by atoms with Gasteiger partial charge < -0.3 is 15.2 Å². The zero-order valence-electron chi connectivity index (χ0n) is 15.0. The van der Waals surface area contributed by atoms with Gasteiger partial charge in [-0.1, -0.05) is 30.3 Å². The maximum atomic E-state index is 12.7. The van der Waals surface area contributed by atoms with Gasteiger partial charge in [-0.2, -0.15) is 0 Å². The van der Waals surface area contributed by atoms with Gasteiger partial charge in [0.05, 0.1) is 36.3 Å². The van der Waals surface area contributed by atoms with Gasteiger partial charge in [-0.25, -0.2) is 13.2 Å². The van der Waals surface area contributed by atoms with E-state index in [0.717, 1.165) is 0 Å². The van der Waals surface area contributed by atoms with Crippen LogP contribution in [0.25, 0.3) is 0 Å². The van der Waals surface area contributed by atoms with Crippen LogP contribution in [0.4, 0.5) is 0 Å². The average Bonchev–Trinajstić information content (AvgIpc) is 2.67. The van der Waals surface area contributed by atoms with Crippen LogP contribution >= 0.6 is 0 Å². The summed E-state index contributed by atoms with van der Waals surface area (Å²) in [7, 11) is -1.32. The molecular formula is C19H21NO6S. The third-order valence-corrected chi connectivity index (χ3v) is 5.90. The second kappa shape index (κ2) is 8.79. The van der Waals surface area contributed by atoms with Gasteiger partial charge in [0.25, 0.3) is 0 Å². The molecule has 2 N–H and O–H groups in total. The Balaban J connectivity index is 2.26. The van der Waals surface area contributed by atoms with E-state index in [1.807, 2.05) is 0 Å². The summed E-state index contributed by atoms with van der Waals surface area (Å²) in [5.41, 5.74) is 6.91. The molecule has 0 spiro atoms. The van der Waals surface area contributed by atoms with Crippen molar-refractivity contribution in [2.75, 3.05) is 20.0 Å². The molecule has 0 aromatic heterocycles. The fraction of sp³-hybridized carbons (Fsp3) is 0.263. The molecule has 0 amide bonds. The Labute approximate surface area is 158 Å². The summed E-state index contributed by atoms with van der Waals surface area (Å²) in [5.74, 6) is -2.55. The van der Waals surface area contributed by atoms with Crippen molar-refractivity contribution in [3.63, 3.8) is 0 Å². The van der Waals surface area contributed by atoms with Gasteiger partial charge in [0.1, 0.15) is 0 Å². The lowest BCUT2D eigenvalue weighted by Gasteiger charge is -2.22. The Hall–Kier alpha value is -2.71. The van der Waals surface area contributed by atoms with Crippen molar-refractivity contribution in [3.05, 3.63) is 65.7 Å². The number of benzene rings is 2. The van der Waals surface area contributed by atoms with Crippen molar-refractivity contribution in [1.82, 2.24) is 0 Å². The highest BCUT2D eigenvalue weighted by Gasteiger charge is 2.32. The summed E-state index contributed by atoms with van der Waals surface area (Å²) in [6.45, 7) is 0. The molecule has 27 heavy (non-hydrogen) atoms. The van der Waals surface area contributed by atoms with Crippen molar-refractivity contribution in [2.45, 2.75) is 16.9 Å². The van der Waals surface area contributed by atoms with Crippen molar-refractivity contribution in [1.29, 1.82) is 0 Å². The second-order valence-corrected chi connectivity index (χ2v) is 7.91. The molecule has 2 aromatic rings. The maximum Gasteiger partial charge on any atom is 0.337 e. The number of hydrogen-bond donors (Lipinski definition) is 1. The van der Waals surface area contributed by atoms with Crippen LogP contribution in [0, 0.1) is 0 Å². The summed E-state index contributed by atoms with van der Waals surface area (Å²) >= 11 is 0. The van der Waals surface area contributed by atoms with Crippen LogP contribution in [0.5, 0.6) is 0 Å². The number of carbonyl (C=O) groups excluding carboxylic acids is 2. The minimum atomic E-state index is -3.79. The lowest BCUT2D eigenvalue weighted by molar-refractivity contribution is -0.142. The van der Waals surface area contributed by atoms with Gasteiger partial charge in [-0.05, 0) is 29.8 Å². The van der Waals surface area contributed by atoms with E-state index >= 15 is 0 Å². The van der Waals surface area contributed by atoms with E-state index in [4.69, 9.17) is 10.5 Å². The molecule has 0 aliphatic rings. The third kappa shape index (κ3) is 4.93. The lowest BCUT2D eigenvalue weighted by Crippen LogP contribution is -2.40. The minimum Gasteiger partial charge on any atom is -0.469 e. The Morgan fingerprint density at radius 1 is 0.963 bits per heavy atom. The van der Waals surface area contributed by atoms with E-state index in [-0.39, 0.29) is 10.5 Å². The number of carbonyl (C=O) groups is 2. The molecule has 0 aliphatic carbocycles. The highest BCUT2D eigenvalue weighted by Crippen LogP contribution is 2.23. The molecule has 0 fully saturated rings. The zero-order chi connectivity index (χ0) is 20.0. The standard InChI is InChI=1S/C19H21NO6S/c1-25-18(21)14-8-10-15(11-9-14)27(23,24)12-16(20)17(19(22)26-2)13-6-4-3-5-7-13/h3-11,16-17H,12,20H2,1-2H3. The van der Waals surface area contributed by atoms with Crippen LogP contribution in [0.1, 0.15) is 21.8 Å². The normalized spacial score (nSPS) is 13.4. The topological polar surface area (TPSA) is 113 Å². The third-order valence-electron chi connectivity index (χ3n) is 4.09. The van der Waals surface area contributed by atoms with Crippen molar-refractivity contribution < 1.29 is 27.5 Å². The molecule has 2 aromatic carbocycles. The largest absolute Gasteiger partial charge is 0.469 e. The van der Waals surface area contributed by atoms with Crippen molar-refractivity contribution in [2.24, 2.45) is 5.73 Å². The molecule has 0 saturated heterocycles. The van der Waals surface area contributed by atoms with Gasteiger partial charge >= 0.3 is 11.9 Å². The van der Waals surface area contributed by atoms with Gasteiger partial charge in [0, 0.05) is 6.04 Å². The van der Waals surface area contributed by atoms with E-state index in [1.165, 1.54) is 38.5 Å². The first kappa shape index (κ1) is 20.6. The Morgan fingerprint density at radius 3 is 2.07 bits per heavy atom. The molecule has 144 valence electrons. The molecule has 2 atom stereocenters. The fourth-order valence-corrected chi connectivity index (χ4v) is 4.15. The Morgan fingerprint density at radius 2 is 1.56 bits per heavy atom. The number of rotatable bonds is 7. The number of sulfone groups is 1. The number of esters is 2. The monoisotopic (exact) mass is 391 g/mol. The summed E-state index contributed by atoms with van der Waals surface area (Å²) < 4.78 is 34.8. The van der Waals surface area contributed by atoms with Crippen LogP contribution < -0.4 is 5.73 Å². The summed E-state index contributed by atoms with van der Waals surface area (Å²) in [6.07, 6.45) is 0. The number of nitrogens with two attached hydrogens (primary N) is 1. The quantitative estimate of drug-likeness (QED) is 0.712. The molecule has 0 aliphatic heterocycles. The SMILES string of the molecule is COC(=O)c1ccc(S(=O)(=O)CC(N)C(C(=O)OC)c2ccccc2)cc1. The molecule has 2 rings (SSSR count). The summed E-state index contributed by atoms with van der Waals surface area (Å²) in [5, 5.41) is 0. The van der Waals surface area contributed by atoms with E-state index in [1.54, 1.807) is 30.3 Å². The zero-order valence-corrected chi connectivity index (χ0v) is 15.8. The minimum absolute atomic E-state index is 0.00211. The van der Waals surface area contributed by atoms with Gasteiger partial charge in [0.15, 0.2) is 9.84 Å². The molecule has 7 nitrogen and oxygen atoms in total. The molecule has 0 saturated carbocycles. The Bertz CT molecular complexity index is 894. The van der Waals surface area contributed by atoms with Crippen LogP contribution in [0.3, 0.4) is 0 Å². The number of hydrogen-bond acceptors (Lipinski definition) is 7. The first-order chi connectivity index (χ1) is 12.8. The van der Waals surface area contributed by atoms with E-state index < -0.39 is 39.5 Å². The second-order valence-electron chi connectivity index (χ2n) is 5.87. The van der Waals surface area contributed by atoms with Gasteiger partial charge in [0.2, 0.25) is 0 Å². The maximum absolute atomic E-state index is 12.7. The van der Waals surface area contributed by atoms with Crippen molar-refractivity contribution >= 4 is 21.8 Å². The molecule has 8 heteroatoms. The van der Waals surface area contributed by atoms with Crippen LogP contribution in [0.15, 0.2) is 59.5 Å². The van der Waals surface area contributed by atoms with Crippen LogP contribution in [0.2, 0.25) is 0 Å². The van der Waals surface area contributed by atoms with Crippen LogP contribution in [-0.4, -0.2) is 46.4 Å². The molecule has 0 bridgehead atoms. The molecule has 0 radical (unpaired) electrons. The highest BCUT2D eigenvalue weighted by atomic mass is 32.2. The highest BCUT2D eigenvalue weighted by molar-refractivity contribution is 7.91. The van der Waals surface area contributed by atoms with E-state index in [2.05, 4.69) is 4.74 Å². The molecular weight excluding hydrogens is 370 g/mol. The molecule has 2 unspecified atom stereocenters. The molecule has 0 heterocycles. The fourth-order valence-electron chi connectivity index (χ4n) is 2.71. The number of methoxy groups -OCH3 is 2. The van der Waals surface area contributed by atoms with Gasteiger partial charge in [-0.3, -0.25) is 4.79 Å². The van der Waals surface area contributed by atoms with Gasteiger partial charge in [-0.15, -0.1) is 0 Å². The average molecular weight is 391 g/mol. The van der Waals surface area contributed by atoms with E-state index in [0.29, 0.717) is 5.56 Å². The first-order valence-electron chi connectivity index (χ1n) is 8.09. The summed E-state index contributed by atoms with van der Waals surface area (Å²) in [4.78, 5) is 23.6. The lowest BCUT2D eigenvalue weighted by atomic mass is 9.93.